The molecule has 0 unspecified atom stereocenters. The van der Waals surface area contributed by atoms with Crippen molar-refractivity contribution in [2.45, 2.75) is 199 Å². The van der Waals surface area contributed by atoms with E-state index in [1.165, 1.54) is 0 Å². The fourth-order valence-electron chi connectivity index (χ4n) is 10.5. The first kappa shape index (κ1) is 42.7. The highest BCUT2D eigenvalue weighted by Crippen LogP contribution is 2.54. The predicted octanol–water partition coefficient (Wildman–Crippen LogP) is 6.19. The first-order valence-corrected chi connectivity index (χ1v) is 20.7. The number of ketones is 1. The van der Waals surface area contributed by atoms with E-state index in [4.69, 9.17) is 23.7 Å². The third kappa shape index (κ3) is 7.94. The number of aliphatic hydroxyl groups is 3. The molecule has 0 amide bonds. The van der Waals surface area contributed by atoms with Gasteiger partial charge in [0.2, 0.25) is 5.79 Å². The summed E-state index contributed by atoms with van der Waals surface area (Å²) < 4.78 is 33.5. The zero-order valence-electron chi connectivity index (χ0n) is 34.0. The van der Waals surface area contributed by atoms with Gasteiger partial charge >= 0.3 is 5.97 Å². The van der Waals surface area contributed by atoms with Crippen LogP contribution in [0, 0.1) is 41.4 Å². The third-order valence-electron chi connectivity index (χ3n) is 14.4. The molecule has 5 heterocycles. The van der Waals surface area contributed by atoms with Crippen LogP contribution in [0.2, 0.25) is 0 Å². The molecule has 0 aromatic heterocycles. The van der Waals surface area contributed by atoms with Crippen LogP contribution in [-0.2, 0) is 33.3 Å². The van der Waals surface area contributed by atoms with Gasteiger partial charge in [-0.15, -0.1) is 0 Å². The molecule has 4 saturated heterocycles. The number of hydrogen-bond donors (Lipinski definition) is 4. The van der Waals surface area contributed by atoms with Gasteiger partial charge in [0.25, 0.3) is 0 Å². The molecule has 5 aliphatic heterocycles. The Labute approximate surface area is 317 Å². The lowest BCUT2D eigenvalue weighted by molar-refractivity contribution is -0.409. The molecular weight excluding hydrogens is 680 g/mol. The summed E-state index contributed by atoms with van der Waals surface area (Å²) in [7, 11) is 0. The van der Waals surface area contributed by atoms with Crippen LogP contribution >= 0.6 is 0 Å². The molecular formula is C42H70O11. The summed E-state index contributed by atoms with van der Waals surface area (Å²) in [6.07, 6.45) is 5.51. The average Bonchev–Trinajstić information content (AvgIpc) is 3.47. The summed E-state index contributed by atoms with van der Waals surface area (Å²) in [5, 5.41) is 44.0. The fraction of sp³-hybridized carbons (Fsp3) is 0.905. The number of rotatable bonds is 12. The van der Waals surface area contributed by atoms with Gasteiger partial charge in [0.15, 0.2) is 5.79 Å². The van der Waals surface area contributed by atoms with Crippen LogP contribution in [0.1, 0.15) is 133 Å². The van der Waals surface area contributed by atoms with Crippen molar-refractivity contribution in [2.75, 3.05) is 0 Å². The smallest absolute Gasteiger partial charge is 0.309 e. The van der Waals surface area contributed by atoms with Gasteiger partial charge in [-0.3, -0.25) is 9.59 Å². The summed E-state index contributed by atoms with van der Waals surface area (Å²) in [5.74, 6) is -5.78. The van der Waals surface area contributed by atoms with Crippen LogP contribution in [0.15, 0.2) is 12.2 Å². The Morgan fingerprint density at radius 3 is 2.17 bits per heavy atom. The van der Waals surface area contributed by atoms with E-state index in [0.29, 0.717) is 57.8 Å². The van der Waals surface area contributed by atoms with Crippen LogP contribution in [-0.4, -0.2) is 97.7 Å². The van der Waals surface area contributed by atoms with Crippen molar-refractivity contribution in [3.63, 3.8) is 0 Å². The first-order valence-electron chi connectivity index (χ1n) is 20.7. The Balaban J connectivity index is 1.31. The molecule has 2 spiro atoms. The molecule has 0 aliphatic carbocycles. The topological polar surface area (TPSA) is 161 Å². The van der Waals surface area contributed by atoms with Crippen molar-refractivity contribution in [1.29, 1.82) is 0 Å². The Morgan fingerprint density at radius 1 is 0.887 bits per heavy atom. The lowest BCUT2D eigenvalue weighted by atomic mass is 9.72. The summed E-state index contributed by atoms with van der Waals surface area (Å²) in [6.45, 7) is 19.6. The zero-order chi connectivity index (χ0) is 39.3. The standard InChI is InChI=1S/C42H70O11/c1-11-29(38(46)47)31-15-14-23(4)36(50-31)27(8)34(44)26(7)35(45)30(12-2)37-24(5)22-25(6)41(51-37)19-16-32(43)42(53-41)21-20-39(10,52-42)33-17-18-40(48,13-3)28(9)49-33/h16,19,23-34,36-37,43-44,48H,11-15,17-18,20-22H2,1-10H3,(H,46,47)/t23-,24-,25+,26-,27-,28-,29+,30-,31+,32+,33-,34-,36+,37-,39-,40+,41-,42-/m0/s1. The van der Waals surface area contributed by atoms with E-state index in [1.54, 1.807) is 19.1 Å². The molecule has 18 atom stereocenters. The molecule has 5 aliphatic rings. The van der Waals surface area contributed by atoms with E-state index < -0.39 is 76.8 Å². The van der Waals surface area contributed by atoms with Gasteiger partial charge in [-0.2, -0.15) is 0 Å². The van der Waals surface area contributed by atoms with Crippen molar-refractivity contribution in [1.82, 2.24) is 0 Å². The maximum absolute atomic E-state index is 14.4. The lowest BCUT2D eigenvalue weighted by Gasteiger charge is -2.54. The summed E-state index contributed by atoms with van der Waals surface area (Å²) in [6, 6.07) is 0. The zero-order valence-corrected chi connectivity index (χ0v) is 34.0. The van der Waals surface area contributed by atoms with Crippen LogP contribution in [0.5, 0.6) is 0 Å². The predicted molar refractivity (Wildman–Crippen MR) is 199 cm³/mol. The monoisotopic (exact) mass is 750 g/mol. The van der Waals surface area contributed by atoms with Crippen LogP contribution in [0.3, 0.4) is 0 Å². The van der Waals surface area contributed by atoms with Gasteiger partial charge in [0, 0.05) is 30.1 Å². The number of carbonyl (C=O) groups is 2. The minimum absolute atomic E-state index is 0.0137. The number of carboxylic acids is 1. The Hall–Kier alpha value is -1.44. The van der Waals surface area contributed by atoms with E-state index in [1.807, 2.05) is 41.5 Å². The number of carbonyl (C=O) groups excluding carboxylic acids is 1. The normalized spacial score (nSPS) is 46.2. The van der Waals surface area contributed by atoms with Crippen molar-refractivity contribution in [2.24, 2.45) is 41.4 Å². The highest BCUT2D eigenvalue weighted by atomic mass is 16.8. The lowest BCUT2D eigenvalue weighted by Crippen LogP contribution is -2.63. The van der Waals surface area contributed by atoms with Gasteiger partial charge in [-0.1, -0.05) is 55.4 Å². The second kappa shape index (κ2) is 16.2. The maximum atomic E-state index is 14.4. The van der Waals surface area contributed by atoms with E-state index in [0.717, 1.165) is 6.42 Å². The minimum atomic E-state index is -1.37. The van der Waals surface area contributed by atoms with Gasteiger partial charge in [0.05, 0.1) is 53.7 Å². The molecule has 0 saturated carbocycles. The van der Waals surface area contributed by atoms with Gasteiger partial charge in [-0.05, 0) is 95.6 Å². The quantitative estimate of drug-likeness (QED) is 0.169. The highest BCUT2D eigenvalue weighted by Gasteiger charge is 2.63. The number of hydrogen-bond acceptors (Lipinski definition) is 10. The molecule has 0 radical (unpaired) electrons. The van der Waals surface area contributed by atoms with Crippen molar-refractivity contribution < 1.29 is 53.7 Å². The second-order valence-corrected chi connectivity index (χ2v) is 17.9. The van der Waals surface area contributed by atoms with E-state index in [2.05, 4.69) is 20.8 Å². The van der Waals surface area contributed by atoms with Crippen LogP contribution in [0.25, 0.3) is 0 Å². The molecule has 0 bridgehead atoms. The molecule has 11 heteroatoms. The van der Waals surface area contributed by atoms with Gasteiger partial charge in [0.1, 0.15) is 11.9 Å². The number of aliphatic hydroxyl groups excluding tert-OH is 2. The largest absolute Gasteiger partial charge is 0.481 e. The van der Waals surface area contributed by atoms with Crippen molar-refractivity contribution >= 4 is 11.8 Å². The SMILES string of the molecule is CC[C@@H](C(=O)[C@@H](C)[C@H](O)[C@H](C)[C@@H]1O[C@@H]([C@@H](CC)C(=O)O)CC[C@@H]1C)[C@H]1O[C@]2(C=C[C@@H](O)[C@]3(CC[C@@](C)([C@@H]4CC[C@](O)(CC)[C@H](C)O4)O3)O2)[C@H](C)C[C@@H]1C. The number of aliphatic carboxylic acids is 1. The molecule has 4 fully saturated rings. The number of ether oxygens (including phenoxy) is 5. The molecule has 4 N–H and O–H groups in total. The van der Waals surface area contributed by atoms with Crippen LogP contribution < -0.4 is 0 Å². The van der Waals surface area contributed by atoms with E-state index >= 15 is 0 Å². The molecule has 0 aromatic carbocycles. The van der Waals surface area contributed by atoms with Crippen molar-refractivity contribution in [3.05, 3.63) is 12.2 Å². The van der Waals surface area contributed by atoms with E-state index in [9.17, 15) is 30.0 Å². The van der Waals surface area contributed by atoms with Gasteiger partial charge in [-0.25, -0.2) is 0 Å². The Morgan fingerprint density at radius 2 is 1.57 bits per heavy atom. The van der Waals surface area contributed by atoms with E-state index in [-0.39, 0.29) is 41.8 Å². The first-order chi connectivity index (χ1) is 24.8. The summed E-state index contributed by atoms with van der Waals surface area (Å²) in [5.41, 5.74) is -1.63. The van der Waals surface area contributed by atoms with Crippen LogP contribution in [0.4, 0.5) is 0 Å². The Kier molecular flexibility index (Phi) is 13.0. The minimum Gasteiger partial charge on any atom is -0.481 e. The summed E-state index contributed by atoms with van der Waals surface area (Å²) >= 11 is 0. The molecule has 11 nitrogen and oxygen atoms in total. The fourth-order valence-corrected chi connectivity index (χ4v) is 10.5. The summed E-state index contributed by atoms with van der Waals surface area (Å²) in [4.78, 5) is 26.4. The second-order valence-electron chi connectivity index (χ2n) is 17.9. The maximum Gasteiger partial charge on any atom is 0.309 e. The van der Waals surface area contributed by atoms with Gasteiger partial charge < -0.3 is 44.1 Å². The number of Topliss-reactive ketones (excluding diaryl/α,β-unsaturated/α-hetero) is 1. The average molecular weight is 751 g/mol. The highest BCUT2D eigenvalue weighted by molar-refractivity contribution is 5.84. The Bertz CT molecular complexity index is 1320. The molecule has 53 heavy (non-hydrogen) atoms. The molecule has 304 valence electrons. The van der Waals surface area contributed by atoms with Crippen molar-refractivity contribution in [3.8, 4) is 0 Å². The molecule has 5 rings (SSSR count). The third-order valence-corrected chi connectivity index (χ3v) is 14.4. The molecule has 0 aromatic rings. The number of carboxylic acid groups (broad SMARTS) is 1.